The summed E-state index contributed by atoms with van der Waals surface area (Å²) in [4.78, 5) is 7.82. The van der Waals surface area contributed by atoms with Gasteiger partial charge in [0.25, 0.3) is 0 Å². The summed E-state index contributed by atoms with van der Waals surface area (Å²) in [6, 6.07) is 1.69. The Kier molecular flexibility index (Phi) is 7.47. The molecule has 0 atom stereocenters. The molecule has 0 aromatic carbocycles. The third-order valence-electron chi connectivity index (χ3n) is 1.62. The van der Waals surface area contributed by atoms with Crippen LogP contribution < -0.4 is 51.4 Å². The van der Waals surface area contributed by atoms with Crippen molar-refractivity contribution in [1.29, 1.82) is 0 Å². The molecule has 0 amide bonds. The van der Waals surface area contributed by atoms with E-state index in [9.17, 15) is 12.9 Å². The minimum absolute atomic E-state index is 0. The molecule has 0 aliphatic rings. The fraction of sp³-hybridized carbons (Fsp3) is 0.250. The molecule has 1 aromatic heterocycles. The van der Waals surface area contributed by atoms with Gasteiger partial charge in [-0.05, 0) is 18.7 Å². The van der Waals surface area contributed by atoms with E-state index in [-0.39, 0.29) is 57.1 Å². The van der Waals surface area contributed by atoms with Gasteiger partial charge in [-0.25, -0.2) is 9.97 Å². The predicted octanol–water partition coefficient (Wildman–Crippen LogP) is -0.176. The van der Waals surface area contributed by atoms with Gasteiger partial charge in [0.05, 0.1) is 0 Å². The summed E-state index contributed by atoms with van der Waals surface area (Å²) in [6.07, 6.45) is 1.52. The third-order valence-corrected chi connectivity index (χ3v) is 2.59. The second-order valence-corrected chi connectivity index (χ2v) is 3.94. The van der Waals surface area contributed by atoms with Gasteiger partial charge in [0.2, 0.25) is 0 Å². The van der Waals surface area contributed by atoms with Gasteiger partial charge in [0.15, 0.2) is 5.16 Å². The molecule has 16 heavy (non-hydrogen) atoms. The standard InChI is InChI=1S/C8H9BF3N2S.K/c1-6(9(10,11)12)5-15-8-13-4-3-7(2)14-8;/h3-4H,1,5H2,2H3;/q-1;+1. The van der Waals surface area contributed by atoms with E-state index in [0.29, 0.717) is 5.16 Å². The maximum absolute atomic E-state index is 12.1. The van der Waals surface area contributed by atoms with Crippen molar-refractivity contribution in [1.82, 2.24) is 9.97 Å². The molecule has 0 spiro atoms. The number of halogens is 3. The summed E-state index contributed by atoms with van der Waals surface area (Å²) in [5, 5.41) is 0.344. The van der Waals surface area contributed by atoms with Gasteiger partial charge in [-0.15, -0.1) is 12.1 Å². The number of aromatic nitrogens is 2. The largest absolute Gasteiger partial charge is 1.00 e. The smallest absolute Gasteiger partial charge is 0.445 e. The Hall–Kier alpha value is 0.661. The zero-order valence-corrected chi connectivity index (χ0v) is 13.0. The summed E-state index contributed by atoms with van der Waals surface area (Å²) in [7, 11) is 0. The zero-order valence-electron chi connectivity index (χ0n) is 9.08. The number of thioether (sulfide) groups is 1. The van der Waals surface area contributed by atoms with Crippen LogP contribution in [-0.2, 0) is 0 Å². The molecule has 0 bridgehead atoms. The van der Waals surface area contributed by atoms with Crippen molar-refractivity contribution in [3.63, 3.8) is 0 Å². The van der Waals surface area contributed by atoms with E-state index in [2.05, 4.69) is 16.5 Å². The quantitative estimate of drug-likeness (QED) is 0.432. The molecule has 1 heterocycles. The number of hydrogen-bond acceptors (Lipinski definition) is 3. The maximum atomic E-state index is 12.1. The fourth-order valence-electron chi connectivity index (χ4n) is 0.747. The van der Waals surface area contributed by atoms with Crippen LogP contribution in [0.2, 0.25) is 0 Å². The van der Waals surface area contributed by atoms with Crippen LogP contribution in [-0.4, -0.2) is 22.7 Å². The van der Waals surface area contributed by atoms with Crippen molar-refractivity contribution in [3.8, 4) is 0 Å². The number of aryl methyl sites for hydroxylation is 1. The van der Waals surface area contributed by atoms with Gasteiger partial charge in [0, 0.05) is 11.9 Å². The van der Waals surface area contributed by atoms with Gasteiger partial charge in [-0.1, -0.05) is 11.8 Å². The van der Waals surface area contributed by atoms with Crippen LogP contribution in [0, 0.1) is 6.92 Å². The molecular formula is C8H9BF3KN2S. The summed E-state index contributed by atoms with van der Waals surface area (Å²) >= 11 is 0.943. The van der Waals surface area contributed by atoms with Gasteiger partial charge < -0.3 is 12.9 Å². The second-order valence-electron chi connectivity index (χ2n) is 3.00. The van der Waals surface area contributed by atoms with Gasteiger partial charge in [-0.2, -0.15) is 0 Å². The first-order valence-electron chi connectivity index (χ1n) is 4.19. The van der Waals surface area contributed by atoms with E-state index in [1.807, 2.05) is 0 Å². The Morgan fingerprint density at radius 2 is 2.12 bits per heavy atom. The minimum atomic E-state index is -4.95. The Balaban J connectivity index is 0.00000225. The van der Waals surface area contributed by atoms with E-state index in [1.54, 1.807) is 13.0 Å². The Labute approximate surface area is 139 Å². The average molecular weight is 272 g/mol. The van der Waals surface area contributed by atoms with Gasteiger partial charge in [-0.3, -0.25) is 0 Å². The van der Waals surface area contributed by atoms with Crippen molar-refractivity contribution >= 4 is 18.7 Å². The van der Waals surface area contributed by atoms with Crippen LogP contribution in [0.3, 0.4) is 0 Å². The number of hydrogen-bond donors (Lipinski definition) is 0. The van der Waals surface area contributed by atoms with Gasteiger partial charge >= 0.3 is 58.4 Å². The van der Waals surface area contributed by atoms with E-state index in [4.69, 9.17) is 0 Å². The Morgan fingerprint density at radius 3 is 2.62 bits per heavy atom. The number of rotatable bonds is 4. The molecule has 0 saturated carbocycles. The summed E-state index contributed by atoms with van der Waals surface area (Å²) < 4.78 is 36.4. The molecular weight excluding hydrogens is 263 g/mol. The van der Waals surface area contributed by atoms with Crippen molar-refractivity contribution in [3.05, 3.63) is 30.0 Å². The molecule has 82 valence electrons. The number of nitrogens with zero attached hydrogens (tertiary/aromatic N) is 2. The first-order chi connectivity index (χ1) is 6.89. The molecule has 0 aliphatic carbocycles. The molecule has 1 rings (SSSR count). The molecule has 0 radical (unpaired) electrons. The molecule has 0 saturated heterocycles. The van der Waals surface area contributed by atoms with Crippen LogP contribution in [0.15, 0.2) is 29.5 Å². The minimum Gasteiger partial charge on any atom is -0.445 e. The first-order valence-corrected chi connectivity index (χ1v) is 5.18. The van der Waals surface area contributed by atoms with Crippen molar-refractivity contribution in [2.75, 3.05) is 5.75 Å². The van der Waals surface area contributed by atoms with Gasteiger partial charge in [0.1, 0.15) is 0 Å². The van der Waals surface area contributed by atoms with Crippen LogP contribution >= 0.6 is 11.8 Å². The zero-order chi connectivity index (χ0) is 11.5. The normalized spacial score (nSPS) is 10.8. The fourth-order valence-corrected chi connectivity index (χ4v) is 1.59. The van der Waals surface area contributed by atoms with Crippen LogP contribution in [0.1, 0.15) is 5.69 Å². The monoisotopic (exact) mass is 272 g/mol. The van der Waals surface area contributed by atoms with E-state index < -0.39 is 12.4 Å². The van der Waals surface area contributed by atoms with E-state index >= 15 is 0 Å². The Bertz CT molecular complexity index is 373. The van der Waals surface area contributed by atoms with Crippen molar-refractivity contribution in [2.24, 2.45) is 0 Å². The summed E-state index contributed by atoms with van der Waals surface area (Å²) in [5.41, 5.74) is 0.0146. The average Bonchev–Trinajstić information content (AvgIpc) is 2.12. The molecule has 0 fully saturated rings. The molecule has 2 nitrogen and oxygen atoms in total. The summed E-state index contributed by atoms with van der Waals surface area (Å²) in [6.45, 7) is -0.202. The molecule has 8 heteroatoms. The van der Waals surface area contributed by atoms with E-state index in [1.165, 1.54) is 6.20 Å². The summed E-state index contributed by atoms with van der Waals surface area (Å²) in [5.74, 6) is -0.215. The second kappa shape index (κ2) is 7.17. The van der Waals surface area contributed by atoms with Crippen molar-refractivity contribution < 1.29 is 64.3 Å². The van der Waals surface area contributed by atoms with Crippen LogP contribution in [0.5, 0.6) is 0 Å². The molecule has 1 aromatic rings. The molecule has 0 aliphatic heterocycles. The molecule has 0 unspecified atom stereocenters. The predicted molar refractivity (Wildman–Crippen MR) is 55.7 cm³/mol. The van der Waals surface area contributed by atoms with Crippen LogP contribution in [0.25, 0.3) is 0 Å². The van der Waals surface area contributed by atoms with E-state index in [0.717, 1.165) is 17.5 Å². The third kappa shape index (κ3) is 5.83. The SMILES string of the molecule is C=C(CSc1nccc(C)n1)[B-](F)(F)F.[K+]. The topological polar surface area (TPSA) is 25.8 Å². The molecule has 0 N–H and O–H groups in total. The Morgan fingerprint density at radius 1 is 1.50 bits per heavy atom. The van der Waals surface area contributed by atoms with Crippen LogP contribution in [0.4, 0.5) is 12.9 Å². The van der Waals surface area contributed by atoms with Crippen molar-refractivity contribution in [2.45, 2.75) is 12.1 Å². The maximum Gasteiger partial charge on any atom is 1.00 e. The first kappa shape index (κ1) is 16.7.